The molecule has 0 spiro atoms. The SMILES string of the molecule is CC(C)(Cn1nnnc1CCCc1cccs1)C(=O)O. The molecule has 0 aliphatic rings. The molecule has 0 radical (unpaired) electrons. The normalized spacial score (nSPS) is 11.7. The van der Waals surface area contributed by atoms with Crippen LogP contribution >= 0.6 is 11.3 Å². The molecule has 2 aromatic rings. The van der Waals surface area contributed by atoms with Gasteiger partial charge in [0, 0.05) is 11.3 Å². The minimum absolute atomic E-state index is 0.281. The predicted molar refractivity (Wildman–Crippen MR) is 75.6 cm³/mol. The molecule has 108 valence electrons. The second-order valence-corrected chi connectivity index (χ2v) is 6.41. The molecule has 0 aliphatic heterocycles. The fourth-order valence-electron chi connectivity index (χ4n) is 1.84. The Balaban J connectivity index is 1.93. The van der Waals surface area contributed by atoms with Crippen molar-refractivity contribution in [3.63, 3.8) is 0 Å². The number of carbonyl (C=O) groups is 1. The number of hydrogen-bond donors (Lipinski definition) is 1. The molecule has 0 atom stereocenters. The van der Waals surface area contributed by atoms with E-state index in [1.807, 2.05) is 6.07 Å². The largest absolute Gasteiger partial charge is 0.481 e. The van der Waals surface area contributed by atoms with Crippen molar-refractivity contribution in [3.05, 3.63) is 28.2 Å². The molecule has 1 N–H and O–H groups in total. The molecule has 7 heteroatoms. The van der Waals surface area contributed by atoms with E-state index < -0.39 is 11.4 Å². The Morgan fingerprint density at radius 2 is 2.25 bits per heavy atom. The molecule has 0 amide bonds. The van der Waals surface area contributed by atoms with Gasteiger partial charge in [-0.15, -0.1) is 16.4 Å². The van der Waals surface area contributed by atoms with Crippen molar-refractivity contribution in [2.75, 3.05) is 0 Å². The van der Waals surface area contributed by atoms with Crippen LogP contribution in [0.2, 0.25) is 0 Å². The van der Waals surface area contributed by atoms with Gasteiger partial charge in [-0.2, -0.15) is 0 Å². The van der Waals surface area contributed by atoms with Gasteiger partial charge in [0.15, 0.2) is 5.82 Å². The van der Waals surface area contributed by atoms with Gasteiger partial charge in [0.25, 0.3) is 0 Å². The maximum Gasteiger partial charge on any atom is 0.310 e. The van der Waals surface area contributed by atoms with Crippen molar-refractivity contribution in [3.8, 4) is 0 Å². The number of hydrogen-bond acceptors (Lipinski definition) is 5. The van der Waals surface area contributed by atoms with Gasteiger partial charge in [-0.25, -0.2) is 4.68 Å². The highest BCUT2D eigenvalue weighted by Crippen LogP contribution is 2.19. The van der Waals surface area contributed by atoms with Crippen LogP contribution in [0.4, 0.5) is 0 Å². The van der Waals surface area contributed by atoms with E-state index in [0.29, 0.717) is 0 Å². The molecule has 2 rings (SSSR count). The molecule has 0 fully saturated rings. The van der Waals surface area contributed by atoms with E-state index in [4.69, 9.17) is 5.11 Å². The van der Waals surface area contributed by atoms with Crippen LogP contribution < -0.4 is 0 Å². The second-order valence-electron chi connectivity index (χ2n) is 5.37. The monoisotopic (exact) mass is 294 g/mol. The summed E-state index contributed by atoms with van der Waals surface area (Å²) in [5, 5.41) is 22.8. The van der Waals surface area contributed by atoms with Crippen molar-refractivity contribution in [1.29, 1.82) is 0 Å². The number of tetrazole rings is 1. The fraction of sp³-hybridized carbons (Fsp3) is 0.538. The second kappa shape index (κ2) is 6.13. The summed E-state index contributed by atoms with van der Waals surface area (Å²) in [6, 6.07) is 4.15. The van der Waals surface area contributed by atoms with Gasteiger partial charge >= 0.3 is 5.97 Å². The van der Waals surface area contributed by atoms with Gasteiger partial charge in [0.05, 0.1) is 12.0 Å². The van der Waals surface area contributed by atoms with Crippen molar-refractivity contribution >= 4 is 17.3 Å². The highest BCUT2D eigenvalue weighted by molar-refractivity contribution is 7.09. The number of carboxylic acid groups (broad SMARTS) is 1. The standard InChI is InChI=1S/C13H18N4O2S/c1-13(2,12(18)19)9-17-11(14-15-16-17)7-3-5-10-6-4-8-20-10/h4,6,8H,3,5,7,9H2,1-2H3,(H,18,19). The summed E-state index contributed by atoms with van der Waals surface area (Å²) in [5.41, 5.74) is -0.877. The lowest BCUT2D eigenvalue weighted by atomic mass is 9.94. The molecule has 0 aliphatic carbocycles. The summed E-state index contributed by atoms with van der Waals surface area (Å²) < 4.78 is 1.60. The smallest absolute Gasteiger partial charge is 0.310 e. The van der Waals surface area contributed by atoms with Crippen LogP contribution in [0.1, 0.15) is 31.0 Å². The molecule has 0 saturated heterocycles. The van der Waals surface area contributed by atoms with Gasteiger partial charge < -0.3 is 5.11 Å². The van der Waals surface area contributed by atoms with E-state index in [1.165, 1.54) is 4.88 Å². The number of aryl methyl sites for hydroxylation is 2. The highest BCUT2D eigenvalue weighted by atomic mass is 32.1. The van der Waals surface area contributed by atoms with Gasteiger partial charge in [0.1, 0.15) is 0 Å². The van der Waals surface area contributed by atoms with Crippen LogP contribution in [-0.4, -0.2) is 31.3 Å². The zero-order valence-corrected chi connectivity index (χ0v) is 12.4. The van der Waals surface area contributed by atoms with E-state index in [1.54, 1.807) is 29.9 Å². The minimum Gasteiger partial charge on any atom is -0.481 e. The average Bonchev–Trinajstić information content (AvgIpc) is 3.01. The summed E-state index contributed by atoms with van der Waals surface area (Å²) >= 11 is 1.74. The molecular weight excluding hydrogens is 276 g/mol. The third-order valence-corrected chi connectivity index (χ3v) is 4.07. The lowest BCUT2D eigenvalue weighted by Crippen LogP contribution is -2.30. The zero-order chi connectivity index (χ0) is 14.6. The first-order chi connectivity index (χ1) is 9.49. The minimum atomic E-state index is -0.877. The van der Waals surface area contributed by atoms with E-state index in [0.717, 1.165) is 25.1 Å². The van der Waals surface area contributed by atoms with Crippen LogP contribution in [0.5, 0.6) is 0 Å². The van der Waals surface area contributed by atoms with Crippen molar-refractivity contribution in [2.45, 2.75) is 39.7 Å². The number of nitrogens with zero attached hydrogens (tertiary/aromatic N) is 4. The van der Waals surface area contributed by atoms with E-state index in [-0.39, 0.29) is 6.54 Å². The van der Waals surface area contributed by atoms with Crippen LogP contribution in [-0.2, 0) is 24.2 Å². The van der Waals surface area contributed by atoms with Gasteiger partial charge in [-0.3, -0.25) is 4.79 Å². The number of rotatable bonds is 7. The fourth-order valence-corrected chi connectivity index (χ4v) is 2.59. The quantitative estimate of drug-likeness (QED) is 0.845. The van der Waals surface area contributed by atoms with Gasteiger partial charge in [-0.05, 0) is 48.6 Å². The van der Waals surface area contributed by atoms with Crippen LogP contribution in [0.3, 0.4) is 0 Å². The van der Waals surface area contributed by atoms with E-state index >= 15 is 0 Å². The van der Waals surface area contributed by atoms with Gasteiger partial charge in [-0.1, -0.05) is 6.07 Å². The number of aromatic nitrogens is 4. The van der Waals surface area contributed by atoms with E-state index in [9.17, 15) is 4.79 Å². The Kier molecular flexibility index (Phi) is 4.49. The molecule has 2 aromatic heterocycles. The molecule has 0 aromatic carbocycles. The third kappa shape index (κ3) is 3.63. The van der Waals surface area contributed by atoms with Gasteiger partial charge in [0.2, 0.25) is 0 Å². The average molecular weight is 294 g/mol. The van der Waals surface area contributed by atoms with E-state index in [2.05, 4.69) is 27.0 Å². The first-order valence-corrected chi connectivity index (χ1v) is 7.38. The Morgan fingerprint density at radius 1 is 1.45 bits per heavy atom. The van der Waals surface area contributed by atoms with Crippen molar-refractivity contribution < 1.29 is 9.90 Å². The summed E-state index contributed by atoms with van der Waals surface area (Å²) in [4.78, 5) is 12.5. The molecule has 0 unspecified atom stereocenters. The summed E-state index contributed by atoms with van der Waals surface area (Å²) in [5.74, 6) is -0.103. The Morgan fingerprint density at radius 3 is 2.90 bits per heavy atom. The molecule has 0 saturated carbocycles. The Hall–Kier alpha value is -1.76. The zero-order valence-electron chi connectivity index (χ0n) is 11.6. The summed E-state index contributed by atoms with van der Waals surface area (Å²) in [6.45, 7) is 3.63. The summed E-state index contributed by atoms with van der Waals surface area (Å²) in [7, 11) is 0. The van der Waals surface area contributed by atoms with Crippen LogP contribution in [0, 0.1) is 5.41 Å². The topological polar surface area (TPSA) is 80.9 Å². The maximum atomic E-state index is 11.1. The number of aliphatic carboxylic acids is 1. The maximum absolute atomic E-state index is 11.1. The molecular formula is C13H18N4O2S. The number of carboxylic acids is 1. The Labute approximate surface area is 121 Å². The lowest BCUT2D eigenvalue weighted by molar-refractivity contribution is -0.147. The lowest BCUT2D eigenvalue weighted by Gasteiger charge is -2.19. The van der Waals surface area contributed by atoms with Crippen LogP contribution in [0.15, 0.2) is 17.5 Å². The Bertz CT molecular complexity index is 563. The molecule has 0 bridgehead atoms. The first kappa shape index (κ1) is 14.6. The molecule has 6 nitrogen and oxygen atoms in total. The van der Waals surface area contributed by atoms with Crippen LogP contribution in [0.25, 0.3) is 0 Å². The first-order valence-electron chi connectivity index (χ1n) is 6.50. The van der Waals surface area contributed by atoms with Crippen molar-refractivity contribution in [2.24, 2.45) is 5.41 Å². The number of thiophene rings is 1. The summed E-state index contributed by atoms with van der Waals surface area (Å²) in [6.07, 6.45) is 2.70. The molecule has 20 heavy (non-hydrogen) atoms. The molecule has 2 heterocycles. The highest BCUT2D eigenvalue weighted by Gasteiger charge is 2.29. The van der Waals surface area contributed by atoms with Crippen molar-refractivity contribution in [1.82, 2.24) is 20.2 Å². The third-order valence-electron chi connectivity index (χ3n) is 3.13. The predicted octanol–water partition coefficient (Wildman–Crippen LogP) is 2.02.